The quantitative estimate of drug-likeness (QED) is 0.233. The van der Waals surface area contributed by atoms with Crippen molar-refractivity contribution in [2.45, 2.75) is 58.6 Å². The topological polar surface area (TPSA) is 119 Å². The van der Waals surface area contributed by atoms with Crippen LogP contribution in [0.3, 0.4) is 0 Å². The number of aryl methyl sites for hydroxylation is 1. The lowest BCUT2D eigenvalue weighted by Crippen LogP contribution is -2.43. The van der Waals surface area contributed by atoms with E-state index < -0.39 is 0 Å². The number of fused-ring (bicyclic) bond motifs is 1. The van der Waals surface area contributed by atoms with Crippen molar-refractivity contribution in [1.82, 2.24) is 15.2 Å². The summed E-state index contributed by atoms with van der Waals surface area (Å²) in [5, 5.41) is 22.1. The molecule has 0 bridgehead atoms. The van der Waals surface area contributed by atoms with Crippen LogP contribution >= 0.6 is 0 Å². The molecule has 2 aliphatic heterocycles. The number of ether oxygens (including phenoxy) is 1. The van der Waals surface area contributed by atoms with E-state index in [1.54, 1.807) is 25.1 Å². The standard InChI is InChI=1S/C27H35N5O4/c1-4-5-8-21(15-28)25(36-18-23-10-7-11-31(23)3)13-19(2)29-27(35)32-12-6-9-20-14-22(16-33)24(17-34)30-26(20)32/h5,8,13-14,17,23,33H,4,6-7,9-12,16,18H2,1-3H3,(H,29,35)/b8-5+,19-13+,25-21-. The highest BCUT2D eigenvalue weighted by Crippen LogP contribution is 2.27. The molecule has 1 unspecified atom stereocenters. The first kappa shape index (κ1) is 27.1. The van der Waals surface area contributed by atoms with Crippen molar-refractivity contribution >= 4 is 18.1 Å². The summed E-state index contributed by atoms with van der Waals surface area (Å²) in [6.07, 6.45) is 10.3. The number of hydrogen-bond donors (Lipinski definition) is 2. The Bertz CT molecular complexity index is 1100. The van der Waals surface area contributed by atoms with Crippen LogP contribution in [0.4, 0.5) is 10.6 Å². The van der Waals surface area contributed by atoms with Crippen molar-refractivity contribution in [3.05, 3.63) is 58.1 Å². The number of hydrogen-bond acceptors (Lipinski definition) is 7. The van der Waals surface area contributed by atoms with Crippen molar-refractivity contribution in [2.75, 3.05) is 31.6 Å². The predicted octanol–water partition coefficient (Wildman–Crippen LogP) is 3.61. The summed E-state index contributed by atoms with van der Waals surface area (Å²) in [5.41, 5.74) is 2.30. The number of carbonyl (C=O) groups is 2. The number of aromatic nitrogens is 1. The Balaban J connectivity index is 1.82. The third-order valence-corrected chi connectivity index (χ3v) is 6.46. The Morgan fingerprint density at radius 1 is 1.39 bits per heavy atom. The minimum atomic E-state index is -0.386. The van der Waals surface area contributed by atoms with E-state index >= 15 is 0 Å². The van der Waals surface area contributed by atoms with Crippen LogP contribution < -0.4 is 10.2 Å². The fraction of sp³-hybridized carbons (Fsp3) is 0.481. The number of anilines is 1. The molecule has 2 aliphatic rings. The number of aliphatic hydroxyl groups excluding tert-OH is 1. The zero-order valence-electron chi connectivity index (χ0n) is 21.3. The number of carbonyl (C=O) groups excluding carboxylic acids is 2. The van der Waals surface area contributed by atoms with Crippen LogP contribution in [0.5, 0.6) is 0 Å². The van der Waals surface area contributed by atoms with Crippen molar-refractivity contribution in [3.63, 3.8) is 0 Å². The van der Waals surface area contributed by atoms with Crippen molar-refractivity contribution in [3.8, 4) is 6.07 Å². The molecule has 1 aromatic rings. The van der Waals surface area contributed by atoms with Gasteiger partial charge in [0.05, 0.1) is 12.2 Å². The van der Waals surface area contributed by atoms with Crippen LogP contribution in [0.1, 0.15) is 61.1 Å². The van der Waals surface area contributed by atoms with Gasteiger partial charge in [0.15, 0.2) is 6.29 Å². The van der Waals surface area contributed by atoms with Gasteiger partial charge < -0.3 is 20.1 Å². The average Bonchev–Trinajstić information content (AvgIpc) is 3.30. The summed E-state index contributed by atoms with van der Waals surface area (Å²) in [4.78, 5) is 32.7. The zero-order valence-corrected chi connectivity index (χ0v) is 21.3. The highest BCUT2D eigenvalue weighted by molar-refractivity contribution is 5.93. The third-order valence-electron chi connectivity index (χ3n) is 6.46. The van der Waals surface area contributed by atoms with Gasteiger partial charge in [-0.2, -0.15) is 5.26 Å². The van der Waals surface area contributed by atoms with E-state index in [1.165, 1.54) is 4.90 Å². The molecule has 9 heteroatoms. The average molecular weight is 494 g/mol. The minimum Gasteiger partial charge on any atom is -0.491 e. The number of pyridine rings is 1. The molecule has 0 aromatic carbocycles. The number of allylic oxidation sites excluding steroid dienone is 5. The van der Waals surface area contributed by atoms with Crippen molar-refractivity contribution < 1.29 is 19.4 Å². The molecule has 1 atom stereocenters. The maximum Gasteiger partial charge on any atom is 0.327 e. The lowest BCUT2D eigenvalue weighted by molar-refractivity contribution is 0.111. The molecule has 1 fully saturated rings. The number of likely N-dealkylation sites (tertiary alicyclic amines) is 1. The Labute approximate surface area is 212 Å². The summed E-state index contributed by atoms with van der Waals surface area (Å²) < 4.78 is 6.10. The molecule has 0 saturated carbocycles. The van der Waals surface area contributed by atoms with E-state index in [4.69, 9.17) is 4.74 Å². The fourth-order valence-corrected chi connectivity index (χ4v) is 4.44. The number of nitrogens with one attached hydrogen (secondary N) is 1. The normalized spacial score (nSPS) is 19.0. The fourth-order valence-electron chi connectivity index (χ4n) is 4.44. The van der Waals surface area contributed by atoms with Gasteiger partial charge in [0.1, 0.15) is 29.9 Å². The maximum absolute atomic E-state index is 13.2. The van der Waals surface area contributed by atoms with E-state index in [-0.39, 0.29) is 24.4 Å². The molecule has 0 spiro atoms. The lowest BCUT2D eigenvalue weighted by Gasteiger charge is -2.29. The maximum atomic E-state index is 13.2. The van der Waals surface area contributed by atoms with Gasteiger partial charge in [0, 0.05) is 29.9 Å². The van der Waals surface area contributed by atoms with E-state index in [0.717, 1.165) is 37.8 Å². The highest BCUT2D eigenvalue weighted by atomic mass is 16.5. The number of likely N-dealkylation sites (N-methyl/N-ethyl adjacent to an activating group) is 1. The molecule has 36 heavy (non-hydrogen) atoms. The first-order valence-electron chi connectivity index (χ1n) is 12.4. The summed E-state index contributed by atoms with van der Waals surface area (Å²) in [5.74, 6) is 0.832. The molecule has 2 amide bonds. The second kappa shape index (κ2) is 13.0. The smallest absolute Gasteiger partial charge is 0.327 e. The van der Waals surface area contributed by atoms with E-state index in [0.29, 0.717) is 54.3 Å². The lowest BCUT2D eigenvalue weighted by atomic mass is 10.0. The molecule has 0 aliphatic carbocycles. The number of nitrogens with zero attached hydrogens (tertiary/aromatic N) is 4. The van der Waals surface area contributed by atoms with Gasteiger partial charge in [-0.05, 0) is 70.3 Å². The van der Waals surface area contributed by atoms with Crippen LogP contribution in [0.15, 0.2) is 41.3 Å². The minimum absolute atomic E-state index is 0.125. The Hall–Kier alpha value is -3.48. The van der Waals surface area contributed by atoms with Crippen LogP contribution in [0.2, 0.25) is 0 Å². The summed E-state index contributed by atoms with van der Waals surface area (Å²) >= 11 is 0. The number of rotatable bonds is 9. The monoisotopic (exact) mass is 493 g/mol. The van der Waals surface area contributed by atoms with Crippen LogP contribution in [-0.2, 0) is 17.8 Å². The van der Waals surface area contributed by atoms with E-state index in [1.807, 2.05) is 13.0 Å². The molecule has 1 saturated heterocycles. The summed E-state index contributed by atoms with van der Waals surface area (Å²) in [6, 6.07) is 3.84. The Morgan fingerprint density at radius 3 is 2.83 bits per heavy atom. The van der Waals surface area contributed by atoms with Gasteiger partial charge in [0.25, 0.3) is 0 Å². The van der Waals surface area contributed by atoms with Crippen LogP contribution in [0.25, 0.3) is 0 Å². The van der Waals surface area contributed by atoms with Crippen molar-refractivity contribution in [1.29, 1.82) is 5.26 Å². The van der Waals surface area contributed by atoms with E-state index in [9.17, 15) is 20.0 Å². The predicted molar refractivity (Wildman–Crippen MR) is 137 cm³/mol. The number of urea groups is 1. The molecule has 2 N–H and O–H groups in total. The molecule has 1 aromatic heterocycles. The second-order valence-corrected chi connectivity index (χ2v) is 9.09. The SMILES string of the molecule is CC/C=C/C(C#N)=C(\C=C(/C)NC(=O)N1CCCc2cc(CO)c(C=O)nc21)OCC1CCCN1C. The van der Waals surface area contributed by atoms with Gasteiger partial charge in [-0.1, -0.05) is 13.0 Å². The third kappa shape index (κ3) is 6.59. The van der Waals surface area contributed by atoms with Gasteiger partial charge in [-0.25, -0.2) is 9.78 Å². The summed E-state index contributed by atoms with van der Waals surface area (Å²) in [6.45, 7) is 5.37. The molecule has 3 heterocycles. The number of aldehydes is 1. The largest absolute Gasteiger partial charge is 0.491 e. The molecule has 192 valence electrons. The molecule has 9 nitrogen and oxygen atoms in total. The molecule has 3 rings (SSSR count). The Kier molecular flexibility index (Phi) is 9.79. The second-order valence-electron chi connectivity index (χ2n) is 9.09. The first-order valence-corrected chi connectivity index (χ1v) is 12.4. The summed E-state index contributed by atoms with van der Waals surface area (Å²) in [7, 11) is 2.07. The van der Waals surface area contributed by atoms with Gasteiger partial charge in [-0.15, -0.1) is 0 Å². The van der Waals surface area contributed by atoms with Gasteiger partial charge >= 0.3 is 6.03 Å². The number of amides is 2. The van der Waals surface area contributed by atoms with Crippen LogP contribution in [-0.4, -0.2) is 60.1 Å². The zero-order chi connectivity index (χ0) is 26.1. The van der Waals surface area contributed by atoms with Gasteiger partial charge in [0.2, 0.25) is 0 Å². The number of nitriles is 1. The molecule has 0 radical (unpaired) electrons. The highest BCUT2D eigenvalue weighted by Gasteiger charge is 2.26. The molecular weight excluding hydrogens is 458 g/mol. The van der Waals surface area contributed by atoms with Gasteiger partial charge in [-0.3, -0.25) is 9.69 Å². The van der Waals surface area contributed by atoms with Crippen LogP contribution in [0, 0.1) is 11.3 Å². The number of aliphatic hydroxyl groups is 1. The van der Waals surface area contributed by atoms with Crippen molar-refractivity contribution in [2.24, 2.45) is 0 Å². The van der Waals surface area contributed by atoms with E-state index in [2.05, 4.69) is 28.3 Å². The first-order chi connectivity index (χ1) is 17.4. The Morgan fingerprint density at radius 2 is 2.19 bits per heavy atom. The molecular formula is C27H35N5O4.